The molecule has 0 saturated heterocycles. The molecule has 2 fully saturated rings. The Morgan fingerprint density at radius 1 is 1.12 bits per heavy atom. The van der Waals surface area contributed by atoms with Gasteiger partial charge in [0.05, 0.1) is 11.7 Å². The van der Waals surface area contributed by atoms with E-state index in [1.54, 1.807) is 0 Å². The van der Waals surface area contributed by atoms with Gasteiger partial charge in [0.25, 0.3) is 0 Å². The van der Waals surface area contributed by atoms with E-state index >= 15 is 0 Å². The lowest BCUT2D eigenvalue weighted by molar-refractivity contribution is 0.299. The maximum Gasteiger partial charge on any atom is 0.0763 e. The van der Waals surface area contributed by atoms with Gasteiger partial charge < -0.3 is 5.73 Å². The maximum absolute atomic E-state index is 5.75. The van der Waals surface area contributed by atoms with Crippen molar-refractivity contribution < 1.29 is 0 Å². The molecule has 0 aromatic carbocycles. The fraction of sp³-hybridized carbons (Fsp3) is 0.786. The molecule has 2 saturated carbocycles. The van der Waals surface area contributed by atoms with Gasteiger partial charge in [0.1, 0.15) is 0 Å². The number of nitrogens with two attached hydrogens (primary N) is 1. The van der Waals surface area contributed by atoms with Crippen molar-refractivity contribution >= 4 is 0 Å². The van der Waals surface area contributed by atoms with Gasteiger partial charge in [-0.3, -0.25) is 4.68 Å². The topological polar surface area (TPSA) is 43.8 Å². The minimum atomic E-state index is 0.583. The highest BCUT2D eigenvalue weighted by molar-refractivity contribution is 5.18. The van der Waals surface area contributed by atoms with Gasteiger partial charge in [-0.15, -0.1) is 0 Å². The quantitative estimate of drug-likeness (QED) is 0.871. The number of rotatable bonds is 3. The number of hydrogen-bond acceptors (Lipinski definition) is 2. The Labute approximate surface area is 103 Å². The molecule has 0 aliphatic heterocycles. The smallest absolute Gasteiger partial charge is 0.0763 e. The van der Waals surface area contributed by atoms with Crippen molar-refractivity contribution in [1.29, 1.82) is 0 Å². The van der Waals surface area contributed by atoms with Crippen LogP contribution in [0.2, 0.25) is 0 Å². The average Bonchev–Trinajstić information content (AvgIpc) is 2.72. The third-order valence-electron chi connectivity index (χ3n) is 4.47. The van der Waals surface area contributed by atoms with E-state index in [4.69, 9.17) is 10.8 Å². The molecule has 3 nitrogen and oxygen atoms in total. The minimum Gasteiger partial charge on any atom is -0.325 e. The van der Waals surface area contributed by atoms with E-state index in [1.165, 1.54) is 57.1 Å². The van der Waals surface area contributed by atoms with E-state index in [9.17, 15) is 0 Å². The molecule has 1 aromatic rings. The van der Waals surface area contributed by atoms with Gasteiger partial charge in [-0.25, -0.2) is 0 Å². The van der Waals surface area contributed by atoms with Crippen LogP contribution in [0.25, 0.3) is 0 Å². The summed E-state index contributed by atoms with van der Waals surface area (Å²) in [7, 11) is 0. The van der Waals surface area contributed by atoms with E-state index in [-0.39, 0.29) is 0 Å². The van der Waals surface area contributed by atoms with Crippen LogP contribution in [-0.2, 0) is 6.54 Å². The molecule has 0 spiro atoms. The lowest BCUT2D eigenvalue weighted by Crippen LogP contribution is -2.21. The molecule has 0 atom stereocenters. The largest absolute Gasteiger partial charge is 0.325 e. The summed E-state index contributed by atoms with van der Waals surface area (Å²) in [5, 5.41) is 4.75. The Kier molecular flexibility index (Phi) is 3.19. The summed E-state index contributed by atoms with van der Waals surface area (Å²) >= 11 is 0. The van der Waals surface area contributed by atoms with Crippen molar-refractivity contribution in [2.24, 2.45) is 5.73 Å². The number of nitrogens with zero attached hydrogens (tertiary/aromatic N) is 2. The third kappa shape index (κ3) is 2.13. The van der Waals surface area contributed by atoms with Crippen LogP contribution in [0.3, 0.4) is 0 Å². The van der Waals surface area contributed by atoms with Gasteiger partial charge in [-0.1, -0.05) is 25.7 Å². The van der Waals surface area contributed by atoms with Crippen LogP contribution in [0.1, 0.15) is 74.7 Å². The van der Waals surface area contributed by atoms with Crippen LogP contribution in [0.4, 0.5) is 0 Å². The zero-order valence-electron chi connectivity index (χ0n) is 10.6. The van der Waals surface area contributed by atoms with Gasteiger partial charge in [0.2, 0.25) is 0 Å². The molecular formula is C14H23N3. The summed E-state index contributed by atoms with van der Waals surface area (Å²) in [4.78, 5) is 0. The zero-order chi connectivity index (χ0) is 11.7. The molecule has 1 aromatic heterocycles. The van der Waals surface area contributed by atoms with Gasteiger partial charge in [0, 0.05) is 18.2 Å². The third-order valence-corrected chi connectivity index (χ3v) is 4.47. The Morgan fingerprint density at radius 2 is 1.88 bits per heavy atom. The van der Waals surface area contributed by atoms with E-state index < -0.39 is 0 Å². The highest BCUT2D eigenvalue weighted by Crippen LogP contribution is 2.39. The van der Waals surface area contributed by atoms with Gasteiger partial charge in [-0.2, -0.15) is 5.10 Å². The second kappa shape index (κ2) is 4.81. The van der Waals surface area contributed by atoms with Crippen LogP contribution >= 0.6 is 0 Å². The minimum absolute atomic E-state index is 0.583. The molecule has 17 heavy (non-hydrogen) atoms. The Hall–Kier alpha value is -0.830. The van der Waals surface area contributed by atoms with E-state index in [1.807, 2.05) is 0 Å². The molecule has 3 heteroatoms. The van der Waals surface area contributed by atoms with E-state index in [0.29, 0.717) is 12.6 Å². The normalized spacial score (nSPS) is 22.6. The van der Waals surface area contributed by atoms with Gasteiger partial charge >= 0.3 is 0 Å². The number of aromatic nitrogens is 2. The lowest BCUT2D eigenvalue weighted by atomic mass is 9.82. The van der Waals surface area contributed by atoms with Crippen molar-refractivity contribution in [2.45, 2.75) is 69.9 Å². The maximum atomic E-state index is 5.75. The molecule has 2 N–H and O–H groups in total. The fourth-order valence-corrected chi connectivity index (χ4v) is 3.19. The SMILES string of the molecule is NCc1cc(C2CCC2)n(C2CCCCC2)n1. The molecule has 0 radical (unpaired) electrons. The molecular weight excluding hydrogens is 210 g/mol. The van der Waals surface area contributed by atoms with E-state index in [0.717, 1.165) is 11.6 Å². The van der Waals surface area contributed by atoms with Crippen LogP contribution in [0, 0.1) is 0 Å². The molecule has 0 amide bonds. The summed E-state index contributed by atoms with van der Waals surface area (Å²) in [5.74, 6) is 0.768. The predicted molar refractivity (Wildman–Crippen MR) is 68.8 cm³/mol. The Balaban J connectivity index is 1.86. The average molecular weight is 233 g/mol. The van der Waals surface area contributed by atoms with Crippen LogP contribution in [0.5, 0.6) is 0 Å². The van der Waals surface area contributed by atoms with Crippen LogP contribution < -0.4 is 5.73 Å². The first kappa shape index (κ1) is 11.3. The van der Waals surface area contributed by atoms with E-state index in [2.05, 4.69) is 10.7 Å². The molecule has 2 aliphatic carbocycles. The van der Waals surface area contributed by atoms with Crippen LogP contribution in [0.15, 0.2) is 6.07 Å². The first-order valence-electron chi connectivity index (χ1n) is 7.17. The summed E-state index contributed by atoms with van der Waals surface area (Å²) in [6.45, 7) is 0.583. The standard InChI is InChI=1S/C14H23N3/c15-10-12-9-14(11-5-4-6-11)17(16-12)13-7-2-1-3-8-13/h9,11,13H,1-8,10,15H2. The molecule has 3 rings (SSSR count). The summed E-state index contributed by atoms with van der Waals surface area (Å²) in [6, 6.07) is 2.91. The highest BCUT2D eigenvalue weighted by Gasteiger charge is 2.27. The first-order valence-corrected chi connectivity index (χ1v) is 7.17. The van der Waals surface area contributed by atoms with Crippen molar-refractivity contribution in [3.05, 3.63) is 17.5 Å². The van der Waals surface area contributed by atoms with Crippen molar-refractivity contribution in [1.82, 2.24) is 9.78 Å². The molecule has 94 valence electrons. The second-order valence-electron chi connectivity index (χ2n) is 5.63. The summed E-state index contributed by atoms with van der Waals surface area (Å²) < 4.78 is 2.34. The predicted octanol–water partition coefficient (Wildman–Crippen LogP) is 3.11. The highest BCUT2D eigenvalue weighted by atomic mass is 15.3. The molecule has 2 aliphatic rings. The zero-order valence-corrected chi connectivity index (χ0v) is 10.6. The van der Waals surface area contributed by atoms with Gasteiger partial charge in [0.15, 0.2) is 0 Å². The lowest BCUT2D eigenvalue weighted by Gasteiger charge is -2.30. The second-order valence-corrected chi connectivity index (χ2v) is 5.63. The van der Waals surface area contributed by atoms with Crippen LogP contribution in [-0.4, -0.2) is 9.78 Å². The number of hydrogen-bond donors (Lipinski definition) is 1. The molecule has 0 unspecified atom stereocenters. The fourth-order valence-electron chi connectivity index (χ4n) is 3.19. The Bertz CT molecular complexity index is 373. The first-order chi connectivity index (χ1) is 8.38. The summed E-state index contributed by atoms with van der Waals surface area (Å²) in [5.41, 5.74) is 8.30. The summed E-state index contributed by atoms with van der Waals surface area (Å²) in [6.07, 6.45) is 10.8. The monoisotopic (exact) mass is 233 g/mol. The molecule has 0 bridgehead atoms. The van der Waals surface area contributed by atoms with Crippen molar-refractivity contribution in [3.8, 4) is 0 Å². The van der Waals surface area contributed by atoms with Crippen molar-refractivity contribution in [2.75, 3.05) is 0 Å². The van der Waals surface area contributed by atoms with Gasteiger partial charge in [-0.05, 0) is 31.7 Å². The Morgan fingerprint density at radius 3 is 2.47 bits per heavy atom. The van der Waals surface area contributed by atoms with Crippen molar-refractivity contribution in [3.63, 3.8) is 0 Å². The molecule has 1 heterocycles.